The van der Waals surface area contributed by atoms with Gasteiger partial charge in [-0.2, -0.15) is 0 Å². The molecule has 112 valence electrons. The fourth-order valence-electron chi connectivity index (χ4n) is 1.83. The van der Waals surface area contributed by atoms with E-state index < -0.39 is 5.97 Å². The molecule has 0 saturated carbocycles. The van der Waals surface area contributed by atoms with E-state index in [9.17, 15) is 4.79 Å². The van der Waals surface area contributed by atoms with E-state index in [-0.39, 0.29) is 12.3 Å². The van der Waals surface area contributed by atoms with E-state index >= 15 is 0 Å². The predicted molar refractivity (Wildman–Crippen MR) is 74.9 cm³/mol. The maximum Gasteiger partial charge on any atom is 0.360 e. The lowest BCUT2D eigenvalue weighted by Gasteiger charge is -2.04. The Morgan fingerprint density at radius 1 is 1.38 bits per heavy atom. The van der Waals surface area contributed by atoms with Crippen molar-refractivity contribution in [2.24, 2.45) is 0 Å². The van der Waals surface area contributed by atoms with Gasteiger partial charge in [-0.05, 0) is 25.0 Å². The summed E-state index contributed by atoms with van der Waals surface area (Å²) in [5.74, 6) is -0.475. The number of hydrogen-bond acceptors (Lipinski definition) is 6. The van der Waals surface area contributed by atoms with Crippen molar-refractivity contribution in [2.75, 3.05) is 20.3 Å². The van der Waals surface area contributed by atoms with Crippen molar-refractivity contribution < 1.29 is 14.3 Å². The van der Waals surface area contributed by atoms with E-state index in [0.29, 0.717) is 18.8 Å². The fourth-order valence-corrected chi connectivity index (χ4v) is 1.83. The van der Waals surface area contributed by atoms with Gasteiger partial charge in [-0.25, -0.2) is 9.48 Å². The van der Waals surface area contributed by atoms with E-state index in [4.69, 9.17) is 9.47 Å². The highest BCUT2D eigenvalue weighted by Crippen LogP contribution is 2.07. The molecule has 0 fully saturated rings. The number of nitrogens with zero attached hydrogens (tertiary/aromatic N) is 4. The average molecular weight is 290 g/mol. The standard InChI is InChI=1S/C14H18N4O3/c1-11-13(14(19)21-9-8-20-2)16-17-18(11)7-5-12-4-3-6-15-10-12/h3-4,6,10H,5,7-9H2,1-2H3. The first-order chi connectivity index (χ1) is 10.2. The zero-order valence-electron chi connectivity index (χ0n) is 12.2. The van der Waals surface area contributed by atoms with Crippen molar-refractivity contribution in [3.63, 3.8) is 0 Å². The summed E-state index contributed by atoms with van der Waals surface area (Å²) in [6, 6.07) is 3.89. The molecule has 2 aromatic rings. The maximum absolute atomic E-state index is 11.8. The van der Waals surface area contributed by atoms with Crippen LogP contribution in [0.25, 0.3) is 0 Å². The minimum Gasteiger partial charge on any atom is -0.458 e. The highest BCUT2D eigenvalue weighted by molar-refractivity contribution is 5.88. The van der Waals surface area contributed by atoms with Gasteiger partial charge in [0, 0.05) is 26.0 Å². The molecule has 0 bridgehead atoms. The number of hydrogen-bond donors (Lipinski definition) is 0. The summed E-state index contributed by atoms with van der Waals surface area (Å²) in [5, 5.41) is 7.88. The third-order valence-electron chi connectivity index (χ3n) is 3.03. The number of esters is 1. The Bertz CT molecular complexity index is 583. The first-order valence-corrected chi connectivity index (χ1v) is 6.67. The van der Waals surface area contributed by atoms with Gasteiger partial charge in [0.15, 0.2) is 5.69 Å². The highest BCUT2D eigenvalue weighted by atomic mass is 16.6. The Labute approximate surface area is 122 Å². The maximum atomic E-state index is 11.8. The first-order valence-electron chi connectivity index (χ1n) is 6.67. The molecule has 0 aliphatic carbocycles. The number of rotatable bonds is 7. The van der Waals surface area contributed by atoms with Crippen LogP contribution in [0, 0.1) is 6.92 Å². The van der Waals surface area contributed by atoms with E-state index in [1.54, 1.807) is 24.9 Å². The van der Waals surface area contributed by atoms with Gasteiger partial charge in [-0.15, -0.1) is 5.10 Å². The van der Waals surface area contributed by atoms with Crippen LogP contribution in [0.15, 0.2) is 24.5 Å². The third kappa shape index (κ3) is 4.09. The number of aryl methyl sites for hydroxylation is 2. The quantitative estimate of drug-likeness (QED) is 0.559. The highest BCUT2D eigenvalue weighted by Gasteiger charge is 2.17. The van der Waals surface area contributed by atoms with Crippen molar-refractivity contribution in [3.8, 4) is 0 Å². The van der Waals surface area contributed by atoms with Crippen LogP contribution in [0.5, 0.6) is 0 Å². The second-order valence-electron chi connectivity index (χ2n) is 4.49. The molecule has 0 aliphatic rings. The van der Waals surface area contributed by atoms with Gasteiger partial charge in [0.1, 0.15) is 6.61 Å². The summed E-state index contributed by atoms with van der Waals surface area (Å²) in [4.78, 5) is 15.9. The summed E-state index contributed by atoms with van der Waals surface area (Å²) in [6.45, 7) is 3.00. The van der Waals surface area contributed by atoms with Gasteiger partial charge in [-0.3, -0.25) is 4.98 Å². The van der Waals surface area contributed by atoms with Crippen molar-refractivity contribution in [1.82, 2.24) is 20.0 Å². The Hall–Kier alpha value is -2.28. The van der Waals surface area contributed by atoms with E-state index in [1.165, 1.54) is 0 Å². The van der Waals surface area contributed by atoms with Gasteiger partial charge in [0.05, 0.1) is 12.3 Å². The Balaban J connectivity index is 1.95. The molecule has 0 saturated heterocycles. The van der Waals surface area contributed by atoms with Crippen LogP contribution in [0.1, 0.15) is 21.7 Å². The van der Waals surface area contributed by atoms with E-state index in [2.05, 4.69) is 15.3 Å². The SMILES string of the molecule is COCCOC(=O)c1nnn(CCc2cccnc2)c1C. The molecule has 2 rings (SSSR count). The van der Waals surface area contributed by atoms with Crippen molar-refractivity contribution >= 4 is 5.97 Å². The number of carbonyl (C=O) groups excluding carboxylic acids is 1. The average Bonchev–Trinajstić information content (AvgIpc) is 2.87. The zero-order chi connectivity index (χ0) is 15.1. The number of carbonyl (C=O) groups is 1. The number of methoxy groups -OCH3 is 1. The fraction of sp³-hybridized carbons (Fsp3) is 0.429. The second kappa shape index (κ2) is 7.49. The molecule has 21 heavy (non-hydrogen) atoms. The van der Waals surface area contributed by atoms with Crippen LogP contribution in [-0.4, -0.2) is 46.3 Å². The molecular weight excluding hydrogens is 272 g/mol. The molecule has 0 atom stereocenters. The van der Waals surface area contributed by atoms with E-state index in [0.717, 1.165) is 12.0 Å². The molecule has 0 unspecified atom stereocenters. The first kappa shape index (κ1) is 15.1. The van der Waals surface area contributed by atoms with Crippen LogP contribution < -0.4 is 0 Å². The normalized spacial score (nSPS) is 10.6. The van der Waals surface area contributed by atoms with Gasteiger partial charge in [0.2, 0.25) is 0 Å². The Morgan fingerprint density at radius 3 is 2.95 bits per heavy atom. The van der Waals surface area contributed by atoms with Crippen LogP contribution in [0.3, 0.4) is 0 Å². The van der Waals surface area contributed by atoms with Gasteiger partial charge in [0.25, 0.3) is 0 Å². The van der Waals surface area contributed by atoms with Crippen LogP contribution in [0.4, 0.5) is 0 Å². The number of pyridine rings is 1. The number of ether oxygens (including phenoxy) is 2. The van der Waals surface area contributed by atoms with Crippen molar-refractivity contribution in [1.29, 1.82) is 0 Å². The molecule has 0 spiro atoms. The van der Waals surface area contributed by atoms with Crippen LogP contribution >= 0.6 is 0 Å². The molecule has 2 heterocycles. The minimum atomic E-state index is -0.475. The monoisotopic (exact) mass is 290 g/mol. The molecule has 0 N–H and O–H groups in total. The molecule has 0 amide bonds. The summed E-state index contributed by atoms with van der Waals surface area (Å²) >= 11 is 0. The minimum absolute atomic E-state index is 0.206. The molecule has 0 radical (unpaired) electrons. The molecular formula is C14H18N4O3. The lowest BCUT2D eigenvalue weighted by atomic mass is 10.2. The Morgan fingerprint density at radius 2 is 2.24 bits per heavy atom. The lowest BCUT2D eigenvalue weighted by Crippen LogP contribution is -2.12. The largest absolute Gasteiger partial charge is 0.458 e. The smallest absolute Gasteiger partial charge is 0.360 e. The molecule has 2 aromatic heterocycles. The second-order valence-corrected chi connectivity index (χ2v) is 4.49. The zero-order valence-corrected chi connectivity index (χ0v) is 12.2. The summed E-state index contributed by atoms with van der Waals surface area (Å²) < 4.78 is 11.6. The van der Waals surface area contributed by atoms with Gasteiger partial charge < -0.3 is 9.47 Å². The van der Waals surface area contributed by atoms with Crippen molar-refractivity contribution in [3.05, 3.63) is 41.5 Å². The summed E-state index contributed by atoms with van der Waals surface area (Å²) in [7, 11) is 1.55. The lowest BCUT2D eigenvalue weighted by molar-refractivity contribution is 0.0380. The van der Waals surface area contributed by atoms with Crippen LogP contribution in [0.2, 0.25) is 0 Å². The van der Waals surface area contributed by atoms with Gasteiger partial charge >= 0.3 is 5.97 Å². The van der Waals surface area contributed by atoms with E-state index in [1.807, 2.05) is 18.3 Å². The van der Waals surface area contributed by atoms with Crippen molar-refractivity contribution in [2.45, 2.75) is 19.9 Å². The molecule has 7 heteroatoms. The summed E-state index contributed by atoms with van der Waals surface area (Å²) in [5.41, 5.74) is 2.05. The summed E-state index contributed by atoms with van der Waals surface area (Å²) in [6.07, 6.45) is 4.32. The molecule has 0 aliphatic heterocycles. The number of aromatic nitrogens is 4. The topological polar surface area (TPSA) is 79.1 Å². The molecule has 0 aromatic carbocycles. The predicted octanol–water partition coefficient (Wildman–Crippen LogP) is 1.03. The third-order valence-corrected chi connectivity index (χ3v) is 3.03. The van der Waals surface area contributed by atoms with Gasteiger partial charge in [-0.1, -0.05) is 11.3 Å². The van der Waals surface area contributed by atoms with Crippen LogP contribution in [-0.2, 0) is 22.4 Å². The Kier molecular flexibility index (Phi) is 5.39. The molecule has 7 nitrogen and oxygen atoms in total.